The molecule has 0 bridgehead atoms. The summed E-state index contributed by atoms with van der Waals surface area (Å²) in [5, 5.41) is 2.06. The molecule has 0 amide bonds. The summed E-state index contributed by atoms with van der Waals surface area (Å²) in [4.78, 5) is 0. The van der Waals surface area contributed by atoms with Gasteiger partial charge in [0.25, 0.3) is 0 Å². The Morgan fingerprint density at radius 2 is 1.14 bits per heavy atom. The van der Waals surface area contributed by atoms with Crippen molar-refractivity contribution in [3.63, 3.8) is 0 Å². The van der Waals surface area contributed by atoms with Gasteiger partial charge >= 0.3 is 0 Å². The van der Waals surface area contributed by atoms with Crippen molar-refractivity contribution in [1.29, 1.82) is 0 Å². The molecule has 0 unspecified atom stereocenters. The first-order valence-electron chi connectivity index (χ1n) is 7.91. The number of halogens is 2. The second-order valence-electron chi connectivity index (χ2n) is 6.66. The molecule has 0 N–H and O–H groups in total. The zero-order valence-corrected chi connectivity index (χ0v) is 17.7. The van der Waals surface area contributed by atoms with E-state index in [9.17, 15) is 0 Å². The summed E-state index contributed by atoms with van der Waals surface area (Å²) < 4.78 is 0. The van der Waals surface area contributed by atoms with Gasteiger partial charge in [0.05, 0.1) is 0 Å². The van der Waals surface area contributed by atoms with E-state index >= 15 is 0 Å². The Morgan fingerprint density at radius 1 is 0.818 bits per heavy atom. The van der Waals surface area contributed by atoms with Gasteiger partial charge in [0.1, 0.15) is 0 Å². The smallest absolute Gasteiger partial charge is 0.0256 e. The molecule has 0 aromatic rings. The third-order valence-corrected chi connectivity index (χ3v) is 6.07. The van der Waals surface area contributed by atoms with E-state index < -0.39 is 0 Å². The molecule has 0 saturated heterocycles. The predicted molar refractivity (Wildman–Crippen MR) is 94.8 cm³/mol. The molecule has 0 aromatic heterocycles. The van der Waals surface area contributed by atoms with Crippen LogP contribution in [0.5, 0.6) is 0 Å². The third kappa shape index (κ3) is 3.22. The van der Waals surface area contributed by atoms with Crippen molar-refractivity contribution in [2.45, 2.75) is 67.2 Å². The normalized spacial score (nSPS) is 19.6. The zero-order valence-electron chi connectivity index (χ0n) is 14.6. The zero-order chi connectivity index (χ0) is 15.9. The fourth-order valence-corrected chi connectivity index (χ4v) is 4.85. The topological polar surface area (TPSA) is 0 Å². The monoisotopic (exact) mass is 372 g/mol. The molecule has 0 radical (unpaired) electrons. The molecule has 0 fully saturated rings. The van der Waals surface area contributed by atoms with Crippen LogP contribution in [-0.2, 0) is 21.7 Å². The van der Waals surface area contributed by atoms with Crippen LogP contribution in [0, 0.1) is 5.41 Å². The number of allylic oxidation sites excluding steroid dienone is 8. The average molecular weight is 373 g/mol. The second-order valence-corrected chi connectivity index (χ2v) is 7.57. The first-order valence-corrected chi connectivity index (χ1v) is 8.67. The van der Waals surface area contributed by atoms with Gasteiger partial charge in [0, 0.05) is 50.0 Å². The minimum atomic E-state index is 0. The van der Waals surface area contributed by atoms with Gasteiger partial charge in [-0.15, -0.1) is 0 Å². The Morgan fingerprint density at radius 3 is 1.36 bits per heavy atom. The van der Waals surface area contributed by atoms with Gasteiger partial charge in [-0.05, 0) is 49.0 Å². The van der Waals surface area contributed by atoms with Crippen molar-refractivity contribution in [3.8, 4) is 0 Å². The van der Waals surface area contributed by atoms with Crippen LogP contribution in [0.15, 0.2) is 43.5 Å². The van der Waals surface area contributed by atoms with E-state index in [1.54, 1.807) is 0 Å². The molecule has 0 aromatic carbocycles. The molecule has 0 saturated carbocycles. The van der Waals surface area contributed by atoms with Crippen LogP contribution >= 0.6 is 23.2 Å². The molecule has 0 heterocycles. The minimum absolute atomic E-state index is 0. The van der Waals surface area contributed by atoms with Crippen molar-refractivity contribution in [1.82, 2.24) is 0 Å². The van der Waals surface area contributed by atoms with Gasteiger partial charge in [-0.2, -0.15) is 0 Å². The van der Waals surface area contributed by atoms with Crippen molar-refractivity contribution >= 4 is 23.2 Å². The van der Waals surface area contributed by atoms with Crippen molar-refractivity contribution in [2.75, 3.05) is 0 Å². The fraction of sp³-hybridized carbons (Fsp3) is 0.579. The van der Waals surface area contributed by atoms with Crippen molar-refractivity contribution in [2.24, 2.45) is 5.41 Å². The van der Waals surface area contributed by atoms with Gasteiger partial charge in [-0.1, -0.05) is 62.0 Å². The Labute approximate surface area is 160 Å². The van der Waals surface area contributed by atoms with Crippen LogP contribution in [0.3, 0.4) is 0 Å². The van der Waals surface area contributed by atoms with Crippen LogP contribution < -0.4 is 0 Å². The molecule has 3 heteroatoms. The van der Waals surface area contributed by atoms with Crippen LogP contribution in [0.25, 0.3) is 0 Å². The Bertz CT molecular complexity index is 549. The molecule has 2 aliphatic carbocycles. The standard InChI is InChI=1S/C19H26Cl2.Ti/c1-7-13-11(3)15(9-17(13)20)19(5,6)16-10-18(21)14(8-2)12(16)4;/h7-10H2,1-6H3;. The summed E-state index contributed by atoms with van der Waals surface area (Å²) in [6, 6.07) is 0. The molecule has 2 aliphatic rings. The van der Waals surface area contributed by atoms with Gasteiger partial charge < -0.3 is 0 Å². The summed E-state index contributed by atoms with van der Waals surface area (Å²) in [6.45, 7) is 13.5. The maximum atomic E-state index is 6.49. The van der Waals surface area contributed by atoms with Gasteiger partial charge in [0.15, 0.2) is 0 Å². The van der Waals surface area contributed by atoms with Crippen LogP contribution in [-0.4, -0.2) is 0 Å². The number of rotatable bonds is 4. The van der Waals surface area contributed by atoms with Crippen LogP contribution in [0.4, 0.5) is 0 Å². The summed E-state index contributed by atoms with van der Waals surface area (Å²) in [7, 11) is 0. The third-order valence-electron chi connectivity index (χ3n) is 5.35. The Balaban J connectivity index is 0.00000242. The Hall–Kier alpha value is 0.254. The van der Waals surface area contributed by atoms with Gasteiger partial charge in [0.2, 0.25) is 0 Å². The quantitative estimate of drug-likeness (QED) is 0.455. The first kappa shape index (κ1) is 20.3. The fourth-order valence-electron chi connectivity index (χ4n) is 4.04. The van der Waals surface area contributed by atoms with E-state index in [0.717, 1.165) is 35.7 Å². The maximum Gasteiger partial charge on any atom is 0.0256 e. The van der Waals surface area contributed by atoms with E-state index in [4.69, 9.17) is 23.2 Å². The molecule has 0 nitrogen and oxygen atoms in total. The second kappa shape index (κ2) is 7.43. The van der Waals surface area contributed by atoms with Gasteiger partial charge in [-0.3, -0.25) is 0 Å². The molecule has 2 rings (SSSR count). The van der Waals surface area contributed by atoms with E-state index in [2.05, 4.69) is 41.5 Å². The van der Waals surface area contributed by atoms with Crippen LogP contribution in [0.1, 0.15) is 67.2 Å². The van der Waals surface area contributed by atoms with E-state index in [-0.39, 0.29) is 27.1 Å². The summed E-state index contributed by atoms with van der Waals surface area (Å²) in [6.07, 6.45) is 3.84. The molecule has 0 spiro atoms. The Kier molecular flexibility index (Phi) is 6.86. The van der Waals surface area contributed by atoms with E-state index in [1.807, 2.05) is 0 Å². The summed E-state index contributed by atoms with van der Waals surface area (Å²) >= 11 is 13.0. The number of hydrogen-bond acceptors (Lipinski definition) is 0. The van der Waals surface area contributed by atoms with Crippen molar-refractivity contribution in [3.05, 3.63) is 43.5 Å². The molecular formula is C19H26Cl2Ti. The summed E-state index contributed by atoms with van der Waals surface area (Å²) in [5.74, 6) is 0. The molecule has 120 valence electrons. The van der Waals surface area contributed by atoms with E-state index in [0.29, 0.717) is 0 Å². The molecular weight excluding hydrogens is 347 g/mol. The van der Waals surface area contributed by atoms with Crippen molar-refractivity contribution < 1.29 is 21.7 Å². The average Bonchev–Trinajstić information content (AvgIpc) is 2.87. The number of hydrogen-bond donors (Lipinski definition) is 0. The SMILES string of the molecule is CCC1=C(Cl)CC(C(C)(C)C2=C(C)C(CC)=C(Cl)C2)=C1C.[Ti]. The maximum absolute atomic E-state index is 6.49. The van der Waals surface area contributed by atoms with Crippen LogP contribution in [0.2, 0.25) is 0 Å². The molecule has 22 heavy (non-hydrogen) atoms. The largest absolute Gasteiger partial charge is 0.0885 e. The molecule has 0 atom stereocenters. The predicted octanol–water partition coefficient (Wildman–Crippen LogP) is 7.26. The summed E-state index contributed by atoms with van der Waals surface area (Å²) in [5.41, 5.74) is 8.45. The van der Waals surface area contributed by atoms with E-state index in [1.165, 1.54) is 33.4 Å². The molecule has 0 aliphatic heterocycles. The minimum Gasteiger partial charge on any atom is -0.0885 e. The first-order chi connectivity index (χ1) is 9.75. The van der Waals surface area contributed by atoms with Gasteiger partial charge in [-0.25, -0.2) is 0 Å².